The van der Waals surface area contributed by atoms with Crippen LogP contribution in [0, 0.1) is 13.8 Å². The molecule has 158 valence electrons. The monoisotopic (exact) mass is 528 g/mol. The number of hydrogen-bond donors (Lipinski definition) is 3. The summed E-state index contributed by atoms with van der Waals surface area (Å²) in [4.78, 5) is 7.66. The molecule has 3 aromatic rings. The number of aromatic nitrogens is 3. The Morgan fingerprint density at radius 2 is 2.10 bits per heavy atom. The molecule has 0 aliphatic carbocycles. The maximum absolute atomic E-state index is 6.14. The number of benzene rings is 1. The van der Waals surface area contributed by atoms with Crippen LogP contribution in [0.25, 0.3) is 10.9 Å². The minimum Gasteiger partial charge on any atom is -0.361 e. The Hall–Kier alpha value is -1.74. The largest absolute Gasteiger partial charge is 0.361 e. The third kappa shape index (κ3) is 5.66. The zero-order valence-corrected chi connectivity index (χ0v) is 20.7. The van der Waals surface area contributed by atoms with Crippen molar-refractivity contribution in [2.45, 2.75) is 39.7 Å². The van der Waals surface area contributed by atoms with Gasteiger partial charge in [0.25, 0.3) is 0 Å². The van der Waals surface area contributed by atoms with Gasteiger partial charge in [0.15, 0.2) is 5.96 Å². The zero-order chi connectivity index (χ0) is 20.3. The first-order chi connectivity index (χ1) is 13.4. The molecule has 29 heavy (non-hydrogen) atoms. The molecule has 1 atom stereocenters. The van der Waals surface area contributed by atoms with Crippen molar-refractivity contribution in [1.29, 1.82) is 0 Å². The summed E-state index contributed by atoms with van der Waals surface area (Å²) in [6.07, 6.45) is 3.85. The van der Waals surface area contributed by atoms with Crippen LogP contribution in [0.3, 0.4) is 0 Å². The van der Waals surface area contributed by atoms with Crippen molar-refractivity contribution in [3.8, 4) is 0 Å². The minimum absolute atomic E-state index is 0. The molecule has 0 aliphatic rings. The molecule has 2 heterocycles. The van der Waals surface area contributed by atoms with E-state index >= 15 is 0 Å². The second-order valence-corrected chi connectivity index (χ2v) is 7.71. The van der Waals surface area contributed by atoms with Crippen LogP contribution in [-0.2, 0) is 19.9 Å². The van der Waals surface area contributed by atoms with Crippen molar-refractivity contribution in [3.05, 3.63) is 51.9 Å². The standard InChI is InChI=1S/C21H29ClN6.HI/c1-13(10-18-14(2)27-28(5)15(18)3)26-21(23-4)24-9-8-16-12-25-20-7-6-17(22)11-19(16)20;/h6-7,11-13,25H,8-10H2,1-5H3,(H2,23,24,26);1H. The Kier molecular flexibility index (Phi) is 8.39. The smallest absolute Gasteiger partial charge is 0.191 e. The highest BCUT2D eigenvalue weighted by Gasteiger charge is 2.14. The van der Waals surface area contributed by atoms with Crippen LogP contribution in [0.5, 0.6) is 0 Å². The number of H-pyrrole nitrogens is 1. The van der Waals surface area contributed by atoms with Crippen molar-refractivity contribution >= 4 is 52.4 Å². The average molecular weight is 529 g/mol. The van der Waals surface area contributed by atoms with Crippen LogP contribution < -0.4 is 10.6 Å². The molecule has 1 unspecified atom stereocenters. The number of aromatic amines is 1. The van der Waals surface area contributed by atoms with Gasteiger partial charge in [-0.3, -0.25) is 9.67 Å². The van der Waals surface area contributed by atoms with Gasteiger partial charge >= 0.3 is 0 Å². The molecule has 0 spiro atoms. The lowest BCUT2D eigenvalue weighted by atomic mass is 10.1. The predicted octanol–water partition coefficient (Wildman–Crippen LogP) is 4.13. The fraction of sp³-hybridized carbons (Fsp3) is 0.429. The van der Waals surface area contributed by atoms with E-state index in [0.29, 0.717) is 0 Å². The second kappa shape index (κ2) is 10.3. The maximum Gasteiger partial charge on any atom is 0.191 e. The van der Waals surface area contributed by atoms with E-state index in [9.17, 15) is 0 Å². The summed E-state index contributed by atoms with van der Waals surface area (Å²) in [5.41, 5.74) is 5.96. The summed E-state index contributed by atoms with van der Waals surface area (Å²) in [6, 6.07) is 6.18. The van der Waals surface area contributed by atoms with Gasteiger partial charge < -0.3 is 15.6 Å². The molecule has 3 rings (SSSR count). The van der Waals surface area contributed by atoms with Gasteiger partial charge in [0.2, 0.25) is 0 Å². The first-order valence-corrected chi connectivity index (χ1v) is 9.98. The Balaban J connectivity index is 0.00000300. The molecule has 3 N–H and O–H groups in total. The van der Waals surface area contributed by atoms with E-state index in [-0.39, 0.29) is 30.0 Å². The molecule has 0 radical (unpaired) electrons. The van der Waals surface area contributed by atoms with Crippen LogP contribution in [0.4, 0.5) is 0 Å². The van der Waals surface area contributed by atoms with Gasteiger partial charge in [-0.15, -0.1) is 24.0 Å². The predicted molar refractivity (Wildman–Crippen MR) is 133 cm³/mol. The Labute approximate surface area is 194 Å². The van der Waals surface area contributed by atoms with Gasteiger partial charge in [0, 0.05) is 54.5 Å². The SMILES string of the molecule is CN=C(NCCc1c[nH]c2ccc(Cl)cc12)NC(C)Cc1c(C)nn(C)c1C.I. The molecule has 0 fully saturated rings. The van der Waals surface area contributed by atoms with E-state index < -0.39 is 0 Å². The summed E-state index contributed by atoms with van der Waals surface area (Å²) in [5.74, 6) is 0.810. The van der Waals surface area contributed by atoms with Gasteiger partial charge in [-0.1, -0.05) is 11.6 Å². The first kappa shape index (κ1) is 23.5. The second-order valence-electron chi connectivity index (χ2n) is 7.28. The van der Waals surface area contributed by atoms with Crippen LogP contribution >= 0.6 is 35.6 Å². The van der Waals surface area contributed by atoms with Crippen LogP contribution in [0.1, 0.15) is 29.4 Å². The third-order valence-corrected chi connectivity index (χ3v) is 5.43. The molecule has 2 aromatic heterocycles. The molecular weight excluding hydrogens is 499 g/mol. The van der Waals surface area contributed by atoms with Crippen molar-refractivity contribution in [2.24, 2.45) is 12.0 Å². The molecule has 0 saturated heterocycles. The quantitative estimate of drug-likeness (QED) is 0.256. The number of halogens is 2. The topological polar surface area (TPSA) is 70.0 Å². The van der Waals surface area contributed by atoms with Gasteiger partial charge in [0.05, 0.1) is 5.69 Å². The highest BCUT2D eigenvalue weighted by molar-refractivity contribution is 14.0. The van der Waals surface area contributed by atoms with Crippen molar-refractivity contribution in [2.75, 3.05) is 13.6 Å². The number of guanidine groups is 1. The zero-order valence-electron chi connectivity index (χ0n) is 17.6. The molecule has 8 heteroatoms. The number of nitrogens with zero attached hydrogens (tertiary/aromatic N) is 3. The highest BCUT2D eigenvalue weighted by Crippen LogP contribution is 2.22. The molecule has 6 nitrogen and oxygen atoms in total. The van der Waals surface area contributed by atoms with E-state index in [4.69, 9.17) is 11.6 Å². The number of nitrogens with one attached hydrogen (secondary N) is 3. The number of rotatable bonds is 6. The Bertz CT molecular complexity index is 991. The lowest BCUT2D eigenvalue weighted by Gasteiger charge is -2.18. The van der Waals surface area contributed by atoms with Crippen molar-refractivity contribution in [1.82, 2.24) is 25.4 Å². The summed E-state index contributed by atoms with van der Waals surface area (Å²) in [5, 5.41) is 13.3. The van der Waals surface area contributed by atoms with E-state index in [2.05, 4.69) is 52.7 Å². The first-order valence-electron chi connectivity index (χ1n) is 9.60. The summed E-state index contributed by atoms with van der Waals surface area (Å²) in [7, 11) is 3.79. The van der Waals surface area contributed by atoms with Crippen molar-refractivity contribution in [3.63, 3.8) is 0 Å². The normalized spacial score (nSPS) is 12.7. The van der Waals surface area contributed by atoms with E-state index in [1.54, 1.807) is 7.05 Å². The van der Waals surface area contributed by atoms with Crippen molar-refractivity contribution < 1.29 is 0 Å². The van der Waals surface area contributed by atoms with E-state index in [1.165, 1.54) is 22.2 Å². The third-order valence-electron chi connectivity index (χ3n) is 5.19. The minimum atomic E-state index is 0. The molecule has 0 aliphatic heterocycles. The number of aliphatic imine (C=N–C) groups is 1. The fourth-order valence-electron chi connectivity index (χ4n) is 3.57. The van der Waals surface area contributed by atoms with Crippen LogP contribution in [-0.4, -0.2) is 40.4 Å². The van der Waals surface area contributed by atoms with Crippen LogP contribution in [0.2, 0.25) is 5.02 Å². The van der Waals surface area contributed by atoms with E-state index in [0.717, 1.165) is 41.6 Å². The average Bonchev–Trinajstić information content (AvgIpc) is 3.16. The molecule has 0 amide bonds. The van der Waals surface area contributed by atoms with Gasteiger partial charge in [-0.05, 0) is 62.9 Å². The lowest BCUT2D eigenvalue weighted by Crippen LogP contribution is -2.43. The summed E-state index contributed by atoms with van der Waals surface area (Å²) >= 11 is 6.14. The maximum atomic E-state index is 6.14. The lowest BCUT2D eigenvalue weighted by molar-refractivity contribution is 0.635. The molecular formula is C21H30ClIN6. The number of fused-ring (bicyclic) bond motifs is 1. The Morgan fingerprint density at radius 1 is 1.34 bits per heavy atom. The van der Waals surface area contributed by atoms with E-state index in [1.807, 2.05) is 29.9 Å². The van der Waals surface area contributed by atoms with Gasteiger partial charge in [0.1, 0.15) is 0 Å². The molecule has 0 saturated carbocycles. The van der Waals surface area contributed by atoms with Gasteiger partial charge in [-0.2, -0.15) is 5.10 Å². The number of aryl methyl sites for hydroxylation is 2. The Morgan fingerprint density at radius 3 is 2.76 bits per heavy atom. The number of hydrogen-bond acceptors (Lipinski definition) is 2. The summed E-state index contributed by atoms with van der Waals surface area (Å²) < 4.78 is 1.94. The highest BCUT2D eigenvalue weighted by atomic mass is 127. The summed E-state index contributed by atoms with van der Waals surface area (Å²) in [6.45, 7) is 7.13. The molecule has 1 aromatic carbocycles. The van der Waals surface area contributed by atoms with Gasteiger partial charge in [-0.25, -0.2) is 0 Å². The molecule has 0 bridgehead atoms. The van der Waals surface area contributed by atoms with Crippen LogP contribution in [0.15, 0.2) is 29.4 Å². The fourth-order valence-corrected chi connectivity index (χ4v) is 3.74.